The van der Waals surface area contributed by atoms with Crippen molar-refractivity contribution in [3.8, 4) is 11.5 Å². The molecule has 2 aliphatic heterocycles. The largest absolute Gasteiger partial charge is 0.454 e. The summed E-state index contributed by atoms with van der Waals surface area (Å²) in [4.78, 5) is 18.3. The number of carbonyl (C=O) groups excluding carboxylic acids is 1. The molecule has 8 nitrogen and oxygen atoms in total. The Morgan fingerprint density at radius 3 is 2.62 bits per heavy atom. The summed E-state index contributed by atoms with van der Waals surface area (Å²) in [6, 6.07) is 5.92. The maximum absolute atomic E-state index is 12.2. The molecule has 0 atom stereocenters. The van der Waals surface area contributed by atoms with Crippen molar-refractivity contribution in [2.24, 2.45) is 10.9 Å². The first-order valence-electron chi connectivity index (χ1n) is 10.1. The maximum Gasteiger partial charge on any atom is 0.410 e. The molecule has 3 rings (SSSR count). The molecule has 0 aromatic heterocycles. The Morgan fingerprint density at radius 1 is 1.21 bits per heavy atom. The zero-order valence-electron chi connectivity index (χ0n) is 17.8. The smallest absolute Gasteiger partial charge is 0.410 e. The van der Waals surface area contributed by atoms with Crippen molar-refractivity contribution in [3.05, 3.63) is 23.8 Å². The SMILES string of the molecule is CN=C(NCc1ccc2c(c1)OCO2)NCC1CCN(C(=O)OC(C)(C)C)CC1. The molecule has 0 aliphatic carbocycles. The molecule has 2 heterocycles. The van der Waals surface area contributed by atoms with Gasteiger partial charge < -0.3 is 29.7 Å². The molecule has 1 fully saturated rings. The molecular formula is C21H32N4O4. The van der Waals surface area contributed by atoms with Gasteiger partial charge in [-0.1, -0.05) is 6.07 Å². The number of nitrogens with zero attached hydrogens (tertiary/aromatic N) is 2. The first-order chi connectivity index (χ1) is 13.8. The summed E-state index contributed by atoms with van der Waals surface area (Å²) >= 11 is 0. The van der Waals surface area contributed by atoms with E-state index in [0.717, 1.165) is 55.5 Å². The monoisotopic (exact) mass is 404 g/mol. The Kier molecular flexibility index (Phi) is 6.71. The molecule has 0 spiro atoms. The van der Waals surface area contributed by atoms with Gasteiger partial charge in [-0.2, -0.15) is 0 Å². The quantitative estimate of drug-likeness (QED) is 0.593. The summed E-state index contributed by atoms with van der Waals surface area (Å²) in [6.45, 7) is 8.88. The van der Waals surface area contributed by atoms with E-state index in [1.165, 1.54) is 0 Å². The molecule has 1 aromatic carbocycles. The summed E-state index contributed by atoms with van der Waals surface area (Å²) < 4.78 is 16.2. The van der Waals surface area contributed by atoms with Crippen LogP contribution < -0.4 is 20.1 Å². The van der Waals surface area contributed by atoms with Crippen LogP contribution in [-0.2, 0) is 11.3 Å². The van der Waals surface area contributed by atoms with Crippen molar-refractivity contribution in [2.75, 3.05) is 33.5 Å². The van der Waals surface area contributed by atoms with Crippen LogP contribution in [0.4, 0.5) is 4.79 Å². The number of guanidine groups is 1. The number of hydrogen-bond acceptors (Lipinski definition) is 5. The van der Waals surface area contributed by atoms with Crippen LogP contribution in [0.2, 0.25) is 0 Å². The third-order valence-corrected chi connectivity index (χ3v) is 4.94. The third-order valence-electron chi connectivity index (χ3n) is 4.94. The number of carbonyl (C=O) groups is 1. The van der Waals surface area contributed by atoms with Gasteiger partial charge in [0.1, 0.15) is 5.60 Å². The highest BCUT2D eigenvalue weighted by atomic mass is 16.7. The lowest BCUT2D eigenvalue weighted by Crippen LogP contribution is -2.45. The van der Waals surface area contributed by atoms with E-state index in [9.17, 15) is 4.79 Å². The van der Waals surface area contributed by atoms with E-state index in [1.54, 1.807) is 11.9 Å². The van der Waals surface area contributed by atoms with E-state index in [2.05, 4.69) is 15.6 Å². The third kappa shape index (κ3) is 6.17. The molecule has 1 saturated heterocycles. The summed E-state index contributed by atoms with van der Waals surface area (Å²) in [5.74, 6) is 2.83. The van der Waals surface area contributed by atoms with E-state index >= 15 is 0 Å². The molecular weight excluding hydrogens is 372 g/mol. The second-order valence-corrected chi connectivity index (χ2v) is 8.41. The van der Waals surface area contributed by atoms with Gasteiger partial charge in [-0.05, 0) is 57.2 Å². The Balaban J connectivity index is 1.38. The van der Waals surface area contributed by atoms with Crippen LogP contribution >= 0.6 is 0 Å². The van der Waals surface area contributed by atoms with Gasteiger partial charge in [-0.15, -0.1) is 0 Å². The van der Waals surface area contributed by atoms with Gasteiger partial charge in [0.15, 0.2) is 17.5 Å². The number of aliphatic imine (C=N–C) groups is 1. The van der Waals surface area contributed by atoms with Gasteiger partial charge in [0.2, 0.25) is 6.79 Å². The van der Waals surface area contributed by atoms with Crippen LogP contribution in [0.15, 0.2) is 23.2 Å². The van der Waals surface area contributed by atoms with Crippen molar-refractivity contribution >= 4 is 12.1 Å². The molecule has 0 saturated carbocycles. The minimum atomic E-state index is -0.453. The lowest BCUT2D eigenvalue weighted by Gasteiger charge is -2.33. The van der Waals surface area contributed by atoms with Gasteiger partial charge in [0, 0.05) is 33.2 Å². The second-order valence-electron chi connectivity index (χ2n) is 8.41. The van der Waals surface area contributed by atoms with E-state index in [4.69, 9.17) is 14.2 Å². The van der Waals surface area contributed by atoms with E-state index in [0.29, 0.717) is 12.5 Å². The molecule has 1 amide bonds. The average molecular weight is 405 g/mol. The predicted octanol–water partition coefficient (Wildman–Crippen LogP) is 2.73. The molecule has 29 heavy (non-hydrogen) atoms. The van der Waals surface area contributed by atoms with E-state index < -0.39 is 5.60 Å². The number of fused-ring (bicyclic) bond motifs is 1. The number of hydrogen-bond donors (Lipinski definition) is 2. The predicted molar refractivity (Wildman–Crippen MR) is 111 cm³/mol. The van der Waals surface area contributed by atoms with Crippen LogP contribution in [0.25, 0.3) is 0 Å². The summed E-state index contributed by atoms with van der Waals surface area (Å²) in [7, 11) is 1.76. The number of nitrogens with one attached hydrogen (secondary N) is 2. The number of ether oxygens (including phenoxy) is 3. The number of rotatable bonds is 4. The van der Waals surface area contributed by atoms with Crippen LogP contribution in [0.1, 0.15) is 39.2 Å². The number of likely N-dealkylation sites (tertiary alicyclic amines) is 1. The Hall–Kier alpha value is -2.64. The van der Waals surface area contributed by atoms with Crippen LogP contribution in [-0.4, -0.2) is 56.0 Å². The van der Waals surface area contributed by atoms with Crippen molar-refractivity contribution in [3.63, 3.8) is 0 Å². The topological polar surface area (TPSA) is 84.4 Å². The zero-order valence-corrected chi connectivity index (χ0v) is 17.8. The van der Waals surface area contributed by atoms with Crippen molar-refractivity contribution in [1.29, 1.82) is 0 Å². The fraction of sp³-hybridized carbons (Fsp3) is 0.619. The normalized spacial score (nSPS) is 17.2. The fourth-order valence-electron chi connectivity index (χ4n) is 3.34. The van der Waals surface area contributed by atoms with E-state index in [-0.39, 0.29) is 12.9 Å². The minimum absolute atomic E-state index is 0.217. The van der Waals surface area contributed by atoms with Crippen LogP contribution in [0.5, 0.6) is 11.5 Å². The minimum Gasteiger partial charge on any atom is -0.454 e. The lowest BCUT2D eigenvalue weighted by molar-refractivity contribution is 0.0185. The Labute approximate surface area is 172 Å². The van der Waals surface area contributed by atoms with Crippen LogP contribution in [0, 0.1) is 5.92 Å². The molecule has 160 valence electrons. The molecule has 2 N–H and O–H groups in total. The van der Waals surface area contributed by atoms with Crippen molar-refractivity contribution in [2.45, 2.75) is 45.8 Å². The molecule has 0 bridgehead atoms. The van der Waals surface area contributed by atoms with Crippen molar-refractivity contribution < 1.29 is 19.0 Å². The maximum atomic E-state index is 12.2. The summed E-state index contributed by atoms with van der Waals surface area (Å²) in [5, 5.41) is 6.72. The summed E-state index contributed by atoms with van der Waals surface area (Å²) in [5.41, 5.74) is 0.647. The average Bonchev–Trinajstić information content (AvgIpc) is 3.15. The summed E-state index contributed by atoms with van der Waals surface area (Å²) in [6.07, 6.45) is 1.68. The van der Waals surface area contributed by atoms with Crippen LogP contribution in [0.3, 0.4) is 0 Å². The van der Waals surface area contributed by atoms with Gasteiger partial charge in [0.25, 0.3) is 0 Å². The molecule has 0 radical (unpaired) electrons. The highest BCUT2D eigenvalue weighted by Gasteiger charge is 2.26. The number of benzene rings is 1. The number of amides is 1. The molecule has 8 heteroatoms. The molecule has 1 aromatic rings. The Morgan fingerprint density at radius 2 is 1.93 bits per heavy atom. The van der Waals surface area contributed by atoms with E-state index in [1.807, 2.05) is 39.0 Å². The lowest BCUT2D eigenvalue weighted by atomic mass is 9.97. The van der Waals surface area contributed by atoms with Gasteiger partial charge >= 0.3 is 6.09 Å². The highest BCUT2D eigenvalue weighted by Crippen LogP contribution is 2.32. The first-order valence-corrected chi connectivity index (χ1v) is 10.1. The zero-order chi connectivity index (χ0) is 20.9. The standard InChI is InChI=1S/C21H32N4O4/c1-21(2,3)29-20(26)25-9-7-15(8-10-25)12-23-19(22-4)24-13-16-5-6-17-18(11-16)28-14-27-17/h5-6,11,15H,7-10,12-14H2,1-4H3,(H2,22,23,24). The fourth-order valence-corrected chi connectivity index (χ4v) is 3.34. The number of piperidine rings is 1. The van der Waals surface area contributed by atoms with Gasteiger partial charge in [-0.25, -0.2) is 4.79 Å². The van der Waals surface area contributed by atoms with Gasteiger partial charge in [0.05, 0.1) is 0 Å². The first kappa shape index (κ1) is 21.1. The Bertz CT molecular complexity index is 737. The highest BCUT2D eigenvalue weighted by molar-refractivity contribution is 5.79. The molecule has 0 unspecified atom stereocenters. The molecule has 2 aliphatic rings. The van der Waals surface area contributed by atoms with Crippen molar-refractivity contribution in [1.82, 2.24) is 15.5 Å². The second kappa shape index (κ2) is 9.24. The van der Waals surface area contributed by atoms with Gasteiger partial charge in [-0.3, -0.25) is 4.99 Å².